The van der Waals surface area contributed by atoms with Gasteiger partial charge in [-0.3, -0.25) is 0 Å². The van der Waals surface area contributed by atoms with Gasteiger partial charge in [0, 0.05) is 13.2 Å². The Kier molecular flexibility index (Phi) is 5.29. The van der Waals surface area contributed by atoms with E-state index < -0.39 is 0 Å². The molecule has 18 heavy (non-hydrogen) atoms. The van der Waals surface area contributed by atoms with Crippen LogP contribution in [0, 0.1) is 12.7 Å². The first-order chi connectivity index (χ1) is 8.46. The second kappa shape index (κ2) is 6.30. The Balaban J connectivity index is 2.95. The summed E-state index contributed by atoms with van der Waals surface area (Å²) in [5.74, 6) is -0.180. The fourth-order valence-corrected chi connectivity index (χ4v) is 2.24. The van der Waals surface area contributed by atoms with Gasteiger partial charge in [-0.05, 0) is 57.0 Å². The predicted molar refractivity (Wildman–Crippen MR) is 73.4 cm³/mol. The lowest BCUT2D eigenvalue weighted by atomic mass is 9.87. The number of hydrogen-bond acceptors (Lipinski definition) is 2. The molecule has 0 aromatic heterocycles. The first kappa shape index (κ1) is 15.1. The normalized spacial score (nSPS) is 16.3. The van der Waals surface area contributed by atoms with Crippen LogP contribution in [0.25, 0.3) is 0 Å². The molecule has 1 aromatic rings. The van der Waals surface area contributed by atoms with Gasteiger partial charge in [-0.25, -0.2) is 4.39 Å². The number of hydrogen-bond donors (Lipinski definition) is 1. The third-order valence-electron chi connectivity index (χ3n) is 3.99. The van der Waals surface area contributed by atoms with Crippen molar-refractivity contribution in [2.75, 3.05) is 14.2 Å². The molecule has 0 aliphatic heterocycles. The monoisotopic (exact) mass is 253 g/mol. The van der Waals surface area contributed by atoms with E-state index in [-0.39, 0.29) is 17.5 Å². The van der Waals surface area contributed by atoms with Crippen LogP contribution in [-0.4, -0.2) is 25.8 Å². The van der Waals surface area contributed by atoms with Gasteiger partial charge < -0.3 is 10.1 Å². The lowest BCUT2D eigenvalue weighted by molar-refractivity contribution is -0.0269. The molecule has 102 valence electrons. The molecule has 0 amide bonds. The molecule has 0 saturated heterocycles. The quantitative estimate of drug-likeness (QED) is 0.841. The van der Waals surface area contributed by atoms with Crippen molar-refractivity contribution in [1.29, 1.82) is 0 Å². The minimum Gasteiger partial charge on any atom is -0.377 e. The van der Waals surface area contributed by atoms with Crippen molar-refractivity contribution in [2.45, 2.75) is 45.3 Å². The number of nitrogens with one attached hydrogen (secondary N) is 1. The minimum absolute atomic E-state index is 0.160. The van der Waals surface area contributed by atoms with Gasteiger partial charge in [-0.2, -0.15) is 0 Å². The lowest BCUT2D eigenvalue weighted by Gasteiger charge is -2.36. The van der Waals surface area contributed by atoms with Crippen LogP contribution in [0.3, 0.4) is 0 Å². The van der Waals surface area contributed by atoms with E-state index in [9.17, 15) is 4.39 Å². The van der Waals surface area contributed by atoms with E-state index in [2.05, 4.69) is 19.2 Å². The summed E-state index contributed by atoms with van der Waals surface area (Å²) >= 11 is 0. The van der Waals surface area contributed by atoms with Crippen molar-refractivity contribution in [3.8, 4) is 0 Å². The average Bonchev–Trinajstić information content (AvgIpc) is 2.38. The number of rotatable bonds is 6. The first-order valence-corrected chi connectivity index (χ1v) is 6.44. The van der Waals surface area contributed by atoms with Gasteiger partial charge in [-0.1, -0.05) is 13.0 Å². The number of benzene rings is 1. The Morgan fingerprint density at radius 1 is 1.44 bits per heavy atom. The van der Waals surface area contributed by atoms with Gasteiger partial charge in [0.15, 0.2) is 0 Å². The molecule has 3 heteroatoms. The number of ether oxygens (including phenoxy) is 1. The summed E-state index contributed by atoms with van der Waals surface area (Å²) in [5.41, 5.74) is 1.91. The highest BCUT2D eigenvalue weighted by molar-refractivity contribution is 5.28. The lowest BCUT2D eigenvalue weighted by Crippen LogP contribution is -2.49. The van der Waals surface area contributed by atoms with Crippen LogP contribution in [0.15, 0.2) is 18.2 Å². The zero-order valence-corrected chi connectivity index (χ0v) is 12.0. The topological polar surface area (TPSA) is 21.3 Å². The summed E-state index contributed by atoms with van der Waals surface area (Å²) in [6, 6.07) is 5.11. The Morgan fingerprint density at radius 3 is 2.61 bits per heavy atom. The molecule has 0 fully saturated rings. The van der Waals surface area contributed by atoms with Crippen LogP contribution >= 0.6 is 0 Å². The summed E-state index contributed by atoms with van der Waals surface area (Å²) in [7, 11) is 3.65. The Hall–Kier alpha value is -0.930. The second-order valence-corrected chi connectivity index (χ2v) is 4.99. The summed E-state index contributed by atoms with van der Waals surface area (Å²) < 4.78 is 18.9. The summed E-state index contributed by atoms with van der Waals surface area (Å²) in [6.07, 6.45) is 1.67. The molecule has 2 nitrogen and oxygen atoms in total. The fraction of sp³-hybridized carbons (Fsp3) is 0.600. The Morgan fingerprint density at radius 2 is 2.11 bits per heavy atom. The van der Waals surface area contributed by atoms with E-state index in [0.717, 1.165) is 24.0 Å². The molecule has 0 spiro atoms. The van der Waals surface area contributed by atoms with E-state index in [4.69, 9.17) is 4.74 Å². The molecule has 0 bridgehead atoms. The Labute approximate surface area is 110 Å². The SMILES string of the molecule is CCC(C)(OC)C(Cc1cc(F)ccc1C)NC. The molecule has 0 saturated carbocycles. The minimum atomic E-state index is -0.243. The van der Waals surface area contributed by atoms with Crippen molar-refractivity contribution in [1.82, 2.24) is 5.32 Å². The molecule has 1 N–H and O–H groups in total. The van der Waals surface area contributed by atoms with Crippen LogP contribution in [0.5, 0.6) is 0 Å². The summed E-state index contributed by atoms with van der Waals surface area (Å²) in [4.78, 5) is 0. The molecular weight excluding hydrogens is 229 g/mol. The zero-order valence-electron chi connectivity index (χ0n) is 12.0. The smallest absolute Gasteiger partial charge is 0.123 e. The van der Waals surface area contributed by atoms with Crippen molar-refractivity contribution in [3.63, 3.8) is 0 Å². The summed E-state index contributed by atoms with van der Waals surface area (Å²) in [6.45, 7) is 6.20. The molecule has 1 aromatic carbocycles. The van der Waals surface area contributed by atoms with E-state index in [1.807, 2.05) is 20.0 Å². The van der Waals surface area contributed by atoms with Crippen LogP contribution < -0.4 is 5.32 Å². The van der Waals surface area contributed by atoms with E-state index in [1.165, 1.54) is 6.07 Å². The van der Waals surface area contributed by atoms with Gasteiger partial charge in [0.25, 0.3) is 0 Å². The van der Waals surface area contributed by atoms with E-state index >= 15 is 0 Å². The van der Waals surface area contributed by atoms with E-state index in [1.54, 1.807) is 13.2 Å². The van der Waals surface area contributed by atoms with Crippen LogP contribution in [-0.2, 0) is 11.2 Å². The van der Waals surface area contributed by atoms with Crippen molar-refractivity contribution in [2.24, 2.45) is 0 Å². The number of halogens is 1. The molecule has 0 aliphatic carbocycles. The molecule has 0 radical (unpaired) electrons. The van der Waals surface area contributed by atoms with Crippen LogP contribution in [0.2, 0.25) is 0 Å². The van der Waals surface area contributed by atoms with Crippen molar-refractivity contribution in [3.05, 3.63) is 35.1 Å². The third-order valence-corrected chi connectivity index (χ3v) is 3.99. The number of likely N-dealkylation sites (N-methyl/N-ethyl adjacent to an activating group) is 1. The molecule has 0 aliphatic rings. The molecule has 0 heterocycles. The highest BCUT2D eigenvalue weighted by Crippen LogP contribution is 2.23. The zero-order chi connectivity index (χ0) is 13.8. The molecular formula is C15H24FNO. The fourth-order valence-electron chi connectivity index (χ4n) is 2.24. The standard InChI is InChI=1S/C15H24FNO/c1-6-15(3,18-5)14(17-4)10-12-9-13(16)8-7-11(12)2/h7-9,14,17H,6,10H2,1-5H3. The van der Waals surface area contributed by atoms with Gasteiger partial charge in [-0.15, -0.1) is 0 Å². The van der Waals surface area contributed by atoms with Gasteiger partial charge in [0.05, 0.1) is 5.60 Å². The Bertz CT molecular complexity index is 388. The maximum atomic E-state index is 13.3. The maximum absolute atomic E-state index is 13.3. The molecule has 1 rings (SSSR count). The largest absolute Gasteiger partial charge is 0.377 e. The molecule has 2 atom stereocenters. The van der Waals surface area contributed by atoms with Crippen molar-refractivity contribution < 1.29 is 9.13 Å². The van der Waals surface area contributed by atoms with Crippen LogP contribution in [0.1, 0.15) is 31.4 Å². The van der Waals surface area contributed by atoms with E-state index in [0.29, 0.717) is 0 Å². The first-order valence-electron chi connectivity index (χ1n) is 6.44. The van der Waals surface area contributed by atoms with Gasteiger partial charge in [0.1, 0.15) is 5.82 Å². The summed E-state index contributed by atoms with van der Waals surface area (Å²) in [5, 5.41) is 3.29. The van der Waals surface area contributed by atoms with Crippen molar-refractivity contribution >= 4 is 0 Å². The second-order valence-electron chi connectivity index (χ2n) is 4.99. The maximum Gasteiger partial charge on any atom is 0.123 e. The third kappa shape index (κ3) is 3.30. The number of methoxy groups -OCH3 is 1. The molecule has 2 unspecified atom stereocenters. The highest BCUT2D eigenvalue weighted by Gasteiger charge is 2.31. The number of aryl methyl sites for hydroxylation is 1. The van der Waals surface area contributed by atoms with Crippen LogP contribution in [0.4, 0.5) is 4.39 Å². The predicted octanol–water partition coefficient (Wildman–Crippen LogP) is 3.08. The van der Waals surface area contributed by atoms with Gasteiger partial charge in [0.2, 0.25) is 0 Å². The van der Waals surface area contributed by atoms with Gasteiger partial charge >= 0.3 is 0 Å². The average molecular weight is 253 g/mol. The highest BCUT2D eigenvalue weighted by atomic mass is 19.1.